The number of nitrogen functional groups attached to an aromatic ring is 2. The van der Waals surface area contributed by atoms with E-state index >= 15 is 0 Å². The van der Waals surface area contributed by atoms with Crippen LogP contribution in [0.5, 0.6) is 0 Å². The Morgan fingerprint density at radius 2 is 1.93 bits per heavy atom. The molecule has 0 aromatic carbocycles. The molecule has 0 saturated heterocycles. The molecule has 5 heteroatoms. The van der Waals surface area contributed by atoms with Crippen molar-refractivity contribution in [3.63, 3.8) is 0 Å². The molecule has 0 radical (unpaired) electrons. The lowest BCUT2D eigenvalue weighted by Crippen LogP contribution is -2.25. The molecule has 0 atom stereocenters. The average Bonchev–Trinajstić information content (AvgIpc) is 2.41. The largest absolute Gasteiger partial charge is 0.394 e. The fourth-order valence-corrected chi connectivity index (χ4v) is 1.38. The number of hydrogen-bond donors (Lipinski definition) is 3. The Morgan fingerprint density at radius 1 is 1.33 bits per heavy atom. The number of nitrogens with one attached hydrogen (secondary N) is 1. The second-order valence-corrected chi connectivity index (χ2v) is 4.61. The van der Waals surface area contributed by atoms with Gasteiger partial charge in [-0.2, -0.15) is 5.10 Å². The maximum atomic E-state index is 5.91. The molecule has 0 amide bonds. The van der Waals surface area contributed by atoms with Crippen molar-refractivity contribution in [1.82, 2.24) is 15.1 Å². The summed E-state index contributed by atoms with van der Waals surface area (Å²) in [6, 6.07) is 0. The SMILES string of the molecule is CCNCc1nn(C(C)(C)C)c(N)c1N. The van der Waals surface area contributed by atoms with Crippen LogP contribution in [-0.2, 0) is 12.1 Å². The van der Waals surface area contributed by atoms with E-state index in [1.165, 1.54) is 0 Å². The lowest BCUT2D eigenvalue weighted by atomic mass is 10.1. The van der Waals surface area contributed by atoms with Crippen molar-refractivity contribution >= 4 is 11.5 Å². The molecule has 1 aromatic rings. The van der Waals surface area contributed by atoms with Crippen LogP contribution in [-0.4, -0.2) is 16.3 Å². The van der Waals surface area contributed by atoms with E-state index in [-0.39, 0.29) is 5.54 Å². The molecule has 1 aromatic heterocycles. The highest BCUT2D eigenvalue weighted by Gasteiger charge is 2.21. The molecule has 0 bridgehead atoms. The van der Waals surface area contributed by atoms with E-state index in [0.29, 0.717) is 18.1 Å². The van der Waals surface area contributed by atoms with Gasteiger partial charge in [0.05, 0.1) is 11.2 Å². The van der Waals surface area contributed by atoms with Gasteiger partial charge in [-0.05, 0) is 27.3 Å². The van der Waals surface area contributed by atoms with Crippen LogP contribution in [0.4, 0.5) is 11.5 Å². The molecule has 5 N–H and O–H groups in total. The molecule has 0 aliphatic rings. The third kappa shape index (κ3) is 2.41. The summed E-state index contributed by atoms with van der Waals surface area (Å²) in [5, 5.41) is 7.61. The van der Waals surface area contributed by atoms with E-state index < -0.39 is 0 Å². The van der Waals surface area contributed by atoms with Crippen LogP contribution in [0.3, 0.4) is 0 Å². The minimum atomic E-state index is -0.136. The smallest absolute Gasteiger partial charge is 0.146 e. The van der Waals surface area contributed by atoms with Crippen LogP contribution in [0.2, 0.25) is 0 Å². The van der Waals surface area contributed by atoms with E-state index in [9.17, 15) is 0 Å². The second-order valence-electron chi connectivity index (χ2n) is 4.61. The van der Waals surface area contributed by atoms with Crippen LogP contribution >= 0.6 is 0 Å². The Bertz CT molecular complexity index is 334. The molecule has 1 rings (SSSR count). The van der Waals surface area contributed by atoms with Gasteiger partial charge in [-0.25, -0.2) is 4.68 Å². The zero-order valence-electron chi connectivity index (χ0n) is 9.96. The molecule has 86 valence electrons. The van der Waals surface area contributed by atoms with Crippen LogP contribution in [0.15, 0.2) is 0 Å². The fourth-order valence-electron chi connectivity index (χ4n) is 1.38. The number of nitrogens with zero attached hydrogens (tertiary/aromatic N) is 2. The molecular formula is C10H21N5. The van der Waals surface area contributed by atoms with Crippen molar-refractivity contribution in [3.05, 3.63) is 5.69 Å². The van der Waals surface area contributed by atoms with Crippen molar-refractivity contribution in [2.75, 3.05) is 18.0 Å². The van der Waals surface area contributed by atoms with E-state index in [1.807, 2.05) is 27.7 Å². The second kappa shape index (κ2) is 4.10. The summed E-state index contributed by atoms with van der Waals surface area (Å²) in [5.41, 5.74) is 13.1. The minimum absolute atomic E-state index is 0.136. The van der Waals surface area contributed by atoms with E-state index in [0.717, 1.165) is 12.2 Å². The van der Waals surface area contributed by atoms with Crippen LogP contribution in [0, 0.1) is 0 Å². The molecule has 0 spiro atoms. The first kappa shape index (κ1) is 11.8. The Balaban J connectivity index is 3.02. The van der Waals surface area contributed by atoms with Gasteiger partial charge in [-0.1, -0.05) is 6.92 Å². The molecule has 15 heavy (non-hydrogen) atoms. The number of aromatic nitrogens is 2. The highest BCUT2D eigenvalue weighted by Crippen LogP contribution is 2.25. The van der Waals surface area contributed by atoms with Gasteiger partial charge in [0.2, 0.25) is 0 Å². The Labute approximate surface area is 90.8 Å². The van der Waals surface area contributed by atoms with Crippen LogP contribution < -0.4 is 16.8 Å². The maximum Gasteiger partial charge on any atom is 0.146 e. The highest BCUT2D eigenvalue weighted by molar-refractivity contribution is 5.62. The monoisotopic (exact) mass is 211 g/mol. The Kier molecular flexibility index (Phi) is 3.24. The van der Waals surface area contributed by atoms with Gasteiger partial charge in [0.1, 0.15) is 11.5 Å². The third-order valence-electron chi connectivity index (χ3n) is 2.21. The maximum absolute atomic E-state index is 5.91. The average molecular weight is 211 g/mol. The molecular weight excluding hydrogens is 190 g/mol. The zero-order valence-corrected chi connectivity index (χ0v) is 9.96. The fraction of sp³-hybridized carbons (Fsp3) is 0.700. The summed E-state index contributed by atoms with van der Waals surface area (Å²) >= 11 is 0. The lowest BCUT2D eigenvalue weighted by molar-refractivity contribution is 0.358. The van der Waals surface area contributed by atoms with Crippen molar-refractivity contribution in [2.24, 2.45) is 0 Å². The summed E-state index contributed by atoms with van der Waals surface area (Å²) in [6.45, 7) is 9.74. The predicted octanol–water partition coefficient (Wildman–Crippen LogP) is 0.912. The van der Waals surface area contributed by atoms with Crippen LogP contribution in [0.1, 0.15) is 33.4 Å². The quantitative estimate of drug-likeness (QED) is 0.694. The van der Waals surface area contributed by atoms with Crippen molar-refractivity contribution in [1.29, 1.82) is 0 Å². The summed E-state index contributed by atoms with van der Waals surface area (Å²) in [6.07, 6.45) is 0. The van der Waals surface area contributed by atoms with Gasteiger partial charge in [0.15, 0.2) is 0 Å². The first-order valence-electron chi connectivity index (χ1n) is 5.22. The standard InChI is InChI=1S/C10H21N5/c1-5-13-6-7-8(11)9(12)15(14-7)10(2,3)4/h13H,5-6,11-12H2,1-4H3. The molecule has 0 saturated carbocycles. The van der Waals surface area contributed by atoms with Gasteiger partial charge < -0.3 is 16.8 Å². The third-order valence-corrected chi connectivity index (χ3v) is 2.21. The van der Waals surface area contributed by atoms with Gasteiger partial charge in [-0.15, -0.1) is 0 Å². The van der Waals surface area contributed by atoms with Crippen LogP contribution in [0.25, 0.3) is 0 Å². The number of nitrogens with two attached hydrogens (primary N) is 2. The number of hydrogen-bond acceptors (Lipinski definition) is 4. The molecule has 0 fully saturated rings. The Morgan fingerprint density at radius 3 is 2.33 bits per heavy atom. The van der Waals surface area contributed by atoms with Gasteiger partial charge in [0, 0.05) is 6.54 Å². The Hall–Kier alpha value is -1.23. The summed E-state index contributed by atoms with van der Waals surface area (Å²) in [7, 11) is 0. The highest BCUT2D eigenvalue weighted by atomic mass is 15.4. The van der Waals surface area contributed by atoms with Gasteiger partial charge in [0.25, 0.3) is 0 Å². The molecule has 0 aliphatic heterocycles. The van der Waals surface area contributed by atoms with Gasteiger partial charge >= 0.3 is 0 Å². The van der Waals surface area contributed by atoms with Crippen molar-refractivity contribution in [3.8, 4) is 0 Å². The summed E-state index contributed by atoms with van der Waals surface area (Å²) < 4.78 is 1.77. The first-order chi connectivity index (χ1) is 6.88. The summed E-state index contributed by atoms with van der Waals surface area (Å²) in [4.78, 5) is 0. The van der Waals surface area contributed by atoms with E-state index in [2.05, 4.69) is 10.4 Å². The minimum Gasteiger partial charge on any atom is -0.394 e. The van der Waals surface area contributed by atoms with E-state index in [1.54, 1.807) is 4.68 Å². The molecule has 5 nitrogen and oxygen atoms in total. The van der Waals surface area contributed by atoms with Crippen molar-refractivity contribution in [2.45, 2.75) is 39.8 Å². The van der Waals surface area contributed by atoms with Crippen molar-refractivity contribution < 1.29 is 0 Å². The van der Waals surface area contributed by atoms with E-state index in [4.69, 9.17) is 11.5 Å². The molecule has 0 unspecified atom stereocenters. The van der Waals surface area contributed by atoms with Gasteiger partial charge in [-0.3, -0.25) is 0 Å². The lowest BCUT2D eigenvalue weighted by Gasteiger charge is -2.20. The predicted molar refractivity (Wildman–Crippen MR) is 63.4 cm³/mol. The molecule has 0 aliphatic carbocycles. The first-order valence-corrected chi connectivity index (χ1v) is 5.22. The zero-order chi connectivity index (χ0) is 11.6. The normalized spacial score (nSPS) is 12.0. The molecule has 1 heterocycles. The number of rotatable bonds is 3. The summed E-state index contributed by atoms with van der Waals surface area (Å²) in [5.74, 6) is 0.551. The topological polar surface area (TPSA) is 81.9 Å². The number of anilines is 2.